The average Bonchev–Trinajstić information content (AvgIpc) is 2.44. The summed E-state index contributed by atoms with van der Waals surface area (Å²) in [4.78, 5) is 27.4. The second-order valence-corrected chi connectivity index (χ2v) is 6.61. The maximum Gasteiger partial charge on any atom is 0.236 e. The van der Waals surface area contributed by atoms with Gasteiger partial charge < -0.3 is 9.80 Å². The van der Waals surface area contributed by atoms with Crippen molar-refractivity contribution in [3.05, 3.63) is 0 Å². The number of halogens is 2. The van der Waals surface area contributed by atoms with Crippen LogP contribution in [0.1, 0.15) is 26.7 Å². The Hall–Kier alpha value is -0.100. The molecule has 0 N–H and O–H groups in total. The molecule has 0 aromatic rings. The summed E-state index contributed by atoms with van der Waals surface area (Å²) in [6.45, 7) is 6.50. The van der Waals surface area contributed by atoms with Crippen LogP contribution < -0.4 is 0 Å². The molecule has 104 valence electrons. The van der Waals surface area contributed by atoms with Gasteiger partial charge in [-0.25, -0.2) is 0 Å². The van der Waals surface area contributed by atoms with Gasteiger partial charge in [-0.1, -0.05) is 45.7 Å². The normalized spacial score (nSPS) is 19.6. The third-order valence-corrected chi connectivity index (χ3v) is 5.23. The monoisotopic (exact) mass is 382 g/mol. The van der Waals surface area contributed by atoms with Crippen LogP contribution in [0.4, 0.5) is 0 Å². The van der Waals surface area contributed by atoms with Gasteiger partial charge >= 0.3 is 0 Å². The first-order valence-corrected chi connectivity index (χ1v) is 8.20. The third kappa shape index (κ3) is 3.95. The van der Waals surface area contributed by atoms with Gasteiger partial charge in [0.2, 0.25) is 11.8 Å². The van der Waals surface area contributed by atoms with E-state index in [1.165, 1.54) is 0 Å². The predicted molar refractivity (Wildman–Crippen MR) is 79.2 cm³/mol. The largest absolute Gasteiger partial charge is 0.338 e. The van der Waals surface area contributed by atoms with Gasteiger partial charge in [0.25, 0.3) is 0 Å². The van der Waals surface area contributed by atoms with E-state index in [2.05, 4.69) is 31.9 Å². The van der Waals surface area contributed by atoms with Gasteiger partial charge in [0, 0.05) is 26.2 Å². The predicted octanol–water partition coefficient (Wildman–Crippen LogP) is 2.00. The number of hydrogen-bond donors (Lipinski definition) is 0. The first-order valence-electron chi connectivity index (χ1n) is 6.36. The highest BCUT2D eigenvalue weighted by atomic mass is 79.9. The molecular weight excluding hydrogens is 364 g/mol. The van der Waals surface area contributed by atoms with E-state index in [0.29, 0.717) is 26.2 Å². The van der Waals surface area contributed by atoms with Crippen LogP contribution in [0.25, 0.3) is 0 Å². The Kier molecular flexibility index (Phi) is 6.63. The zero-order valence-electron chi connectivity index (χ0n) is 10.9. The molecule has 0 aromatic heterocycles. The molecule has 0 aromatic carbocycles. The maximum atomic E-state index is 12.0. The van der Waals surface area contributed by atoms with E-state index in [-0.39, 0.29) is 21.5 Å². The number of carbonyl (C=O) groups is 2. The molecule has 0 bridgehead atoms. The molecule has 1 saturated heterocycles. The fourth-order valence-electron chi connectivity index (χ4n) is 1.89. The molecule has 0 radical (unpaired) electrons. The number of hydrogen-bond acceptors (Lipinski definition) is 2. The maximum absolute atomic E-state index is 12.0. The molecule has 1 fully saturated rings. The Labute approximate surface area is 125 Å². The average molecular weight is 384 g/mol. The lowest BCUT2D eigenvalue weighted by atomic mass is 10.2. The van der Waals surface area contributed by atoms with Gasteiger partial charge in [0.1, 0.15) is 0 Å². The van der Waals surface area contributed by atoms with Crippen LogP contribution in [0, 0.1) is 0 Å². The fourth-order valence-corrected chi connectivity index (χ4v) is 2.47. The Balaban J connectivity index is 2.46. The standard InChI is InChI=1S/C12H20Br2N2O2/c1-3-9(13)11(17)15-5-7-16(8-6-15)12(18)10(14)4-2/h9-10H,3-8H2,1-2H3. The summed E-state index contributed by atoms with van der Waals surface area (Å²) >= 11 is 6.75. The molecule has 2 amide bonds. The van der Waals surface area contributed by atoms with Gasteiger partial charge in [0.05, 0.1) is 9.65 Å². The minimum absolute atomic E-state index is 0.0979. The molecule has 2 unspecified atom stereocenters. The molecular formula is C12H20Br2N2O2. The Bertz CT molecular complexity index is 274. The minimum Gasteiger partial charge on any atom is -0.338 e. The van der Waals surface area contributed by atoms with Crippen LogP contribution in [0.5, 0.6) is 0 Å². The van der Waals surface area contributed by atoms with Crippen LogP contribution in [0.3, 0.4) is 0 Å². The van der Waals surface area contributed by atoms with Crippen LogP contribution in [-0.2, 0) is 9.59 Å². The van der Waals surface area contributed by atoms with Gasteiger partial charge in [-0.15, -0.1) is 0 Å². The SMILES string of the molecule is CCC(Br)C(=O)N1CCN(C(=O)C(Br)CC)CC1. The second-order valence-electron chi connectivity index (χ2n) is 4.40. The smallest absolute Gasteiger partial charge is 0.236 e. The van der Waals surface area contributed by atoms with Crippen molar-refractivity contribution in [2.75, 3.05) is 26.2 Å². The van der Waals surface area contributed by atoms with E-state index in [1.54, 1.807) is 0 Å². The summed E-state index contributed by atoms with van der Waals surface area (Å²) in [5.74, 6) is 0.269. The van der Waals surface area contributed by atoms with Crippen molar-refractivity contribution in [2.24, 2.45) is 0 Å². The van der Waals surface area contributed by atoms with E-state index in [1.807, 2.05) is 23.6 Å². The van der Waals surface area contributed by atoms with Crippen LogP contribution in [0.2, 0.25) is 0 Å². The quantitative estimate of drug-likeness (QED) is 0.696. The molecule has 0 aliphatic carbocycles. The molecule has 1 heterocycles. The highest BCUT2D eigenvalue weighted by molar-refractivity contribution is 9.10. The van der Waals surface area contributed by atoms with E-state index in [4.69, 9.17) is 0 Å². The molecule has 4 nitrogen and oxygen atoms in total. The van der Waals surface area contributed by atoms with Gasteiger partial charge in [-0.3, -0.25) is 9.59 Å². The molecule has 1 aliphatic rings. The van der Waals surface area contributed by atoms with Crippen molar-refractivity contribution in [2.45, 2.75) is 36.3 Å². The van der Waals surface area contributed by atoms with Gasteiger partial charge in [-0.2, -0.15) is 0 Å². The van der Waals surface area contributed by atoms with Crippen molar-refractivity contribution >= 4 is 43.7 Å². The number of rotatable bonds is 4. The van der Waals surface area contributed by atoms with Crippen molar-refractivity contribution in [3.63, 3.8) is 0 Å². The molecule has 2 atom stereocenters. The fraction of sp³-hybridized carbons (Fsp3) is 0.833. The van der Waals surface area contributed by atoms with E-state index in [0.717, 1.165) is 12.8 Å². The molecule has 1 rings (SSSR count). The van der Waals surface area contributed by atoms with Crippen LogP contribution >= 0.6 is 31.9 Å². The number of piperazine rings is 1. The first kappa shape index (κ1) is 16.0. The zero-order valence-corrected chi connectivity index (χ0v) is 14.0. The van der Waals surface area contributed by atoms with Crippen molar-refractivity contribution in [3.8, 4) is 0 Å². The van der Waals surface area contributed by atoms with E-state index >= 15 is 0 Å². The summed E-state index contributed by atoms with van der Waals surface area (Å²) in [6, 6.07) is 0. The molecule has 0 saturated carbocycles. The van der Waals surface area contributed by atoms with Crippen molar-refractivity contribution in [1.82, 2.24) is 9.80 Å². The van der Waals surface area contributed by atoms with Crippen LogP contribution in [-0.4, -0.2) is 57.4 Å². The Morgan fingerprint density at radius 2 is 1.17 bits per heavy atom. The summed E-state index contributed by atoms with van der Waals surface area (Å²) < 4.78 is 0. The van der Waals surface area contributed by atoms with Crippen molar-refractivity contribution < 1.29 is 9.59 Å². The van der Waals surface area contributed by atoms with Gasteiger partial charge in [0.15, 0.2) is 0 Å². The molecule has 0 spiro atoms. The molecule has 6 heteroatoms. The molecule has 18 heavy (non-hydrogen) atoms. The zero-order chi connectivity index (χ0) is 13.7. The lowest BCUT2D eigenvalue weighted by Gasteiger charge is -2.36. The highest BCUT2D eigenvalue weighted by Gasteiger charge is 2.28. The third-order valence-electron chi connectivity index (χ3n) is 3.16. The summed E-state index contributed by atoms with van der Waals surface area (Å²) in [6.07, 6.45) is 1.58. The number of nitrogens with zero attached hydrogens (tertiary/aromatic N) is 2. The lowest BCUT2D eigenvalue weighted by Crippen LogP contribution is -2.53. The van der Waals surface area contributed by atoms with Gasteiger partial charge in [-0.05, 0) is 12.8 Å². The summed E-state index contributed by atoms with van der Waals surface area (Å²) in [5, 5.41) is 0. The number of alkyl halides is 2. The number of amides is 2. The Morgan fingerprint density at radius 1 is 0.889 bits per heavy atom. The lowest BCUT2D eigenvalue weighted by molar-refractivity contribution is -0.138. The van der Waals surface area contributed by atoms with Crippen molar-refractivity contribution in [1.29, 1.82) is 0 Å². The highest BCUT2D eigenvalue weighted by Crippen LogP contribution is 2.14. The second kappa shape index (κ2) is 7.48. The Morgan fingerprint density at radius 3 is 1.39 bits per heavy atom. The topological polar surface area (TPSA) is 40.6 Å². The van der Waals surface area contributed by atoms with Crippen LogP contribution in [0.15, 0.2) is 0 Å². The molecule has 1 aliphatic heterocycles. The number of carbonyl (C=O) groups excluding carboxylic acids is 2. The first-order chi connectivity index (χ1) is 8.51. The van der Waals surface area contributed by atoms with E-state index in [9.17, 15) is 9.59 Å². The van der Waals surface area contributed by atoms with E-state index < -0.39 is 0 Å². The minimum atomic E-state index is -0.0979. The summed E-state index contributed by atoms with van der Waals surface area (Å²) in [5.41, 5.74) is 0. The summed E-state index contributed by atoms with van der Waals surface area (Å²) in [7, 11) is 0.